The van der Waals surface area contributed by atoms with Gasteiger partial charge < -0.3 is 14.6 Å². The molecule has 0 saturated heterocycles. The minimum Gasteiger partial charge on any atom is -0.508 e. The number of aromatic hydroxyl groups is 1. The van der Waals surface area contributed by atoms with E-state index in [-0.39, 0.29) is 16.8 Å². The summed E-state index contributed by atoms with van der Waals surface area (Å²) in [6.45, 7) is 1.93. The van der Waals surface area contributed by atoms with Gasteiger partial charge in [-0.1, -0.05) is 0 Å². The van der Waals surface area contributed by atoms with Crippen molar-refractivity contribution in [1.82, 2.24) is 0 Å². The van der Waals surface area contributed by atoms with Crippen molar-refractivity contribution in [1.29, 1.82) is 0 Å². The summed E-state index contributed by atoms with van der Waals surface area (Å²) in [6.07, 6.45) is 0. The molecule has 1 atom stereocenters. The lowest BCUT2D eigenvalue weighted by Crippen LogP contribution is -1.92. The average molecular weight is 264 g/mol. The van der Waals surface area contributed by atoms with Crippen LogP contribution in [0.3, 0.4) is 0 Å². The molecule has 0 bridgehead atoms. The van der Waals surface area contributed by atoms with E-state index in [1.54, 1.807) is 30.3 Å². The van der Waals surface area contributed by atoms with Crippen molar-refractivity contribution in [2.45, 2.75) is 17.1 Å². The van der Waals surface area contributed by atoms with Crippen molar-refractivity contribution in [3.63, 3.8) is 0 Å². The van der Waals surface area contributed by atoms with Crippen molar-refractivity contribution >= 4 is 17.7 Å². The Labute approximate surface area is 108 Å². The molecule has 18 heavy (non-hydrogen) atoms. The number of carbonyl (C=O) groups is 1. The van der Waals surface area contributed by atoms with Crippen LogP contribution in [0.1, 0.15) is 28.5 Å². The Morgan fingerprint density at radius 2 is 1.89 bits per heavy atom. The van der Waals surface area contributed by atoms with E-state index >= 15 is 0 Å². The van der Waals surface area contributed by atoms with E-state index in [1.807, 2.05) is 6.92 Å². The summed E-state index contributed by atoms with van der Waals surface area (Å²) in [5.74, 6) is -0.283. The van der Waals surface area contributed by atoms with Gasteiger partial charge in [-0.2, -0.15) is 0 Å². The largest absolute Gasteiger partial charge is 0.508 e. The summed E-state index contributed by atoms with van der Waals surface area (Å²) in [5, 5.41) is 18.0. The summed E-state index contributed by atoms with van der Waals surface area (Å²) < 4.78 is 5.23. The minimum absolute atomic E-state index is 0.00245. The molecule has 1 heterocycles. The molecule has 0 aliphatic heterocycles. The standard InChI is InChI=1S/C13H12O4S/c1-8(11-6-7-12(17-11)13(15)16)18-10-4-2-9(14)3-5-10/h2-8,14H,1H3,(H,15,16). The summed E-state index contributed by atoms with van der Waals surface area (Å²) in [4.78, 5) is 11.7. The lowest BCUT2D eigenvalue weighted by molar-refractivity contribution is 0.0660. The van der Waals surface area contributed by atoms with Gasteiger partial charge in [-0.3, -0.25) is 0 Å². The molecule has 0 saturated carbocycles. The van der Waals surface area contributed by atoms with Gasteiger partial charge in [0.2, 0.25) is 5.76 Å². The highest BCUT2D eigenvalue weighted by molar-refractivity contribution is 7.99. The zero-order chi connectivity index (χ0) is 13.1. The SMILES string of the molecule is CC(Sc1ccc(O)cc1)c1ccc(C(=O)O)o1. The fraction of sp³-hybridized carbons (Fsp3) is 0.154. The molecule has 0 amide bonds. The lowest BCUT2D eigenvalue weighted by Gasteiger charge is -2.08. The van der Waals surface area contributed by atoms with Crippen LogP contribution in [0.25, 0.3) is 0 Å². The zero-order valence-corrected chi connectivity index (χ0v) is 10.5. The third-order valence-electron chi connectivity index (χ3n) is 2.39. The molecule has 94 valence electrons. The Balaban J connectivity index is 2.09. The first-order valence-electron chi connectivity index (χ1n) is 5.35. The Hall–Kier alpha value is -1.88. The second kappa shape index (κ2) is 5.18. The molecule has 2 rings (SSSR count). The number of carboxylic acids is 1. The van der Waals surface area contributed by atoms with E-state index in [1.165, 1.54) is 17.8 Å². The van der Waals surface area contributed by atoms with Gasteiger partial charge in [-0.05, 0) is 43.3 Å². The number of thioether (sulfide) groups is 1. The Morgan fingerprint density at radius 3 is 2.44 bits per heavy atom. The Kier molecular flexibility index (Phi) is 3.62. The highest BCUT2D eigenvalue weighted by atomic mass is 32.2. The van der Waals surface area contributed by atoms with E-state index in [2.05, 4.69) is 0 Å². The van der Waals surface area contributed by atoms with E-state index in [9.17, 15) is 9.90 Å². The molecular weight excluding hydrogens is 252 g/mol. The number of carboxylic acid groups (broad SMARTS) is 1. The molecule has 0 radical (unpaired) electrons. The first-order chi connectivity index (χ1) is 8.56. The maximum absolute atomic E-state index is 10.7. The topological polar surface area (TPSA) is 70.7 Å². The Morgan fingerprint density at radius 1 is 1.22 bits per heavy atom. The van der Waals surface area contributed by atoms with Crippen LogP contribution in [-0.4, -0.2) is 16.2 Å². The maximum atomic E-state index is 10.7. The van der Waals surface area contributed by atoms with Crippen molar-refractivity contribution in [2.24, 2.45) is 0 Å². The van der Waals surface area contributed by atoms with Gasteiger partial charge in [0.25, 0.3) is 0 Å². The number of rotatable bonds is 4. The second-order valence-corrected chi connectivity index (χ2v) is 5.18. The van der Waals surface area contributed by atoms with Gasteiger partial charge in [-0.25, -0.2) is 4.79 Å². The van der Waals surface area contributed by atoms with Crippen molar-refractivity contribution < 1.29 is 19.4 Å². The summed E-state index contributed by atoms with van der Waals surface area (Å²) in [7, 11) is 0. The zero-order valence-electron chi connectivity index (χ0n) is 9.66. The fourth-order valence-corrected chi connectivity index (χ4v) is 2.42. The number of phenols is 1. The van der Waals surface area contributed by atoms with Crippen LogP contribution >= 0.6 is 11.8 Å². The predicted octanol–water partition coefficient (Wildman–Crippen LogP) is 3.54. The van der Waals surface area contributed by atoms with Crippen LogP contribution in [0.2, 0.25) is 0 Å². The highest BCUT2D eigenvalue weighted by Crippen LogP contribution is 2.35. The maximum Gasteiger partial charge on any atom is 0.371 e. The molecule has 0 aliphatic rings. The normalized spacial score (nSPS) is 12.3. The first-order valence-corrected chi connectivity index (χ1v) is 6.23. The van der Waals surface area contributed by atoms with Crippen molar-refractivity contribution in [3.8, 4) is 5.75 Å². The molecule has 0 fully saturated rings. The number of hydrogen-bond acceptors (Lipinski definition) is 4. The van der Waals surface area contributed by atoms with E-state index in [0.717, 1.165) is 4.90 Å². The van der Waals surface area contributed by atoms with E-state index in [0.29, 0.717) is 5.76 Å². The summed E-state index contributed by atoms with van der Waals surface area (Å²) in [5.41, 5.74) is 0. The van der Waals surface area contributed by atoms with Crippen LogP contribution in [0, 0.1) is 0 Å². The second-order valence-electron chi connectivity index (χ2n) is 3.76. The third-order valence-corrected chi connectivity index (χ3v) is 3.52. The molecule has 1 aromatic heterocycles. The first kappa shape index (κ1) is 12.6. The third kappa shape index (κ3) is 2.87. The molecule has 1 unspecified atom stereocenters. The van der Waals surface area contributed by atoms with Gasteiger partial charge in [0.05, 0.1) is 5.25 Å². The van der Waals surface area contributed by atoms with Crippen molar-refractivity contribution in [2.75, 3.05) is 0 Å². The Bertz CT molecular complexity index is 544. The molecule has 2 aromatic rings. The number of aromatic carboxylic acids is 1. The van der Waals surface area contributed by atoms with Gasteiger partial charge in [0.1, 0.15) is 11.5 Å². The van der Waals surface area contributed by atoms with Crippen LogP contribution in [0.5, 0.6) is 5.75 Å². The highest BCUT2D eigenvalue weighted by Gasteiger charge is 2.15. The van der Waals surface area contributed by atoms with E-state index < -0.39 is 5.97 Å². The molecule has 0 spiro atoms. The monoisotopic (exact) mass is 264 g/mol. The van der Waals surface area contributed by atoms with Gasteiger partial charge >= 0.3 is 5.97 Å². The van der Waals surface area contributed by atoms with Gasteiger partial charge in [-0.15, -0.1) is 11.8 Å². The smallest absolute Gasteiger partial charge is 0.371 e. The van der Waals surface area contributed by atoms with Crippen molar-refractivity contribution in [3.05, 3.63) is 47.9 Å². The molecular formula is C13H12O4S. The van der Waals surface area contributed by atoms with Crippen LogP contribution < -0.4 is 0 Å². The molecule has 4 nitrogen and oxygen atoms in total. The quantitative estimate of drug-likeness (QED) is 0.826. The average Bonchev–Trinajstić information content (AvgIpc) is 2.81. The molecule has 1 aromatic carbocycles. The molecule has 0 aliphatic carbocycles. The lowest BCUT2D eigenvalue weighted by atomic mass is 10.3. The molecule has 2 N–H and O–H groups in total. The van der Waals surface area contributed by atoms with Crippen LogP contribution in [-0.2, 0) is 0 Å². The van der Waals surface area contributed by atoms with Crippen LogP contribution in [0.4, 0.5) is 0 Å². The number of benzene rings is 1. The number of furan rings is 1. The van der Waals surface area contributed by atoms with Crippen LogP contribution in [0.15, 0.2) is 45.7 Å². The number of phenolic OH excluding ortho intramolecular Hbond substituents is 1. The van der Waals surface area contributed by atoms with E-state index in [4.69, 9.17) is 9.52 Å². The summed E-state index contributed by atoms with van der Waals surface area (Å²) in [6, 6.07) is 9.95. The fourth-order valence-electron chi connectivity index (χ4n) is 1.47. The number of hydrogen-bond donors (Lipinski definition) is 2. The molecule has 5 heteroatoms. The minimum atomic E-state index is -1.07. The van der Waals surface area contributed by atoms with Gasteiger partial charge in [0.15, 0.2) is 0 Å². The van der Waals surface area contributed by atoms with Gasteiger partial charge in [0, 0.05) is 4.90 Å². The summed E-state index contributed by atoms with van der Waals surface area (Å²) >= 11 is 1.53. The predicted molar refractivity (Wildman–Crippen MR) is 68.0 cm³/mol.